The fraction of sp³-hybridized carbons (Fsp3) is 1.00. The van der Waals surface area contributed by atoms with Crippen LogP contribution in [-0.4, -0.2) is 52.6 Å². The fourth-order valence-corrected chi connectivity index (χ4v) is 8.13. The zero-order valence-electron chi connectivity index (χ0n) is 16.1. The standard InChI is InChI=1S/C21H34O5/c1-19-6-3-12(22)11-15(19)17(23)18(24)16-13(19)4-7-20(2)14(16)5-8-21(20)25-9-10-26-21/h12-18,22-24H,3-11H2,1-2H3/t12-,13?,14?,15?,16?,17-,18?,19-,20+/m1/s1. The van der Waals surface area contributed by atoms with E-state index in [4.69, 9.17) is 9.47 Å². The Hall–Kier alpha value is -0.200. The van der Waals surface area contributed by atoms with Crippen molar-refractivity contribution >= 4 is 0 Å². The van der Waals surface area contributed by atoms with Crippen LogP contribution in [0, 0.1) is 34.5 Å². The maximum absolute atomic E-state index is 11.2. The van der Waals surface area contributed by atoms with Crippen molar-refractivity contribution in [3.63, 3.8) is 0 Å². The van der Waals surface area contributed by atoms with E-state index in [1.54, 1.807) is 0 Å². The number of fused-ring (bicyclic) bond motifs is 6. The molecule has 5 aliphatic rings. The van der Waals surface area contributed by atoms with Gasteiger partial charge in [-0.15, -0.1) is 0 Å². The zero-order chi connectivity index (χ0) is 18.3. The summed E-state index contributed by atoms with van der Waals surface area (Å²) >= 11 is 0. The highest BCUT2D eigenvalue weighted by molar-refractivity contribution is 5.16. The number of ether oxygens (including phenoxy) is 2. The zero-order valence-corrected chi connectivity index (χ0v) is 16.1. The molecule has 4 saturated carbocycles. The highest BCUT2D eigenvalue weighted by Gasteiger charge is 2.70. The Balaban J connectivity index is 1.52. The molecule has 26 heavy (non-hydrogen) atoms. The van der Waals surface area contributed by atoms with Gasteiger partial charge < -0.3 is 24.8 Å². The van der Waals surface area contributed by atoms with Crippen LogP contribution in [0.3, 0.4) is 0 Å². The number of rotatable bonds is 0. The van der Waals surface area contributed by atoms with E-state index in [-0.39, 0.29) is 28.8 Å². The molecule has 0 radical (unpaired) electrons. The lowest BCUT2D eigenvalue weighted by Gasteiger charge is -2.63. The largest absolute Gasteiger partial charge is 0.393 e. The predicted octanol–water partition coefficient (Wildman–Crippen LogP) is 2.07. The van der Waals surface area contributed by atoms with Gasteiger partial charge in [0.2, 0.25) is 0 Å². The van der Waals surface area contributed by atoms with Gasteiger partial charge in [0, 0.05) is 11.8 Å². The number of hydrogen-bond acceptors (Lipinski definition) is 5. The van der Waals surface area contributed by atoms with Crippen LogP contribution in [-0.2, 0) is 9.47 Å². The molecular weight excluding hydrogens is 332 g/mol. The van der Waals surface area contributed by atoms with Crippen molar-refractivity contribution in [3.05, 3.63) is 0 Å². The lowest BCUT2D eigenvalue weighted by molar-refractivity contribution is -0.269. The van der Waals surface area contributed by atoms with E-state index in [9.17, 15) is 15.3 Å². The minimum absolute atomic E-state index is 0.00111. The molecular formula is C21H34O5. The summed E-state index contributed by atoms with van der Waals surface area (Å²) in [7, 11) is 0. The summed E-state index contributed by atoms with van der Waals surface area (Å²) < 4.78 is 12.3. The van der Waals surface area contributed by atoms with Crippen molar-refractivity contribution in [2.45, 2.75) is 82.9 Å². The molecule has 0 aromatic rings. The van der Waals surface area contributed by atoms with Gasteiger partial charge in [0.05, 0.1) is 31.5 Å². The fourth-order valence-electron chi connectivity index (χ4n) is 8.13. The van der Waals surface area contributed by atoms with Crippen molar-refractivity contribution in [3.8, 4) is 0 Å². The molecule has 0 bridgehead atoms. The van der Waals surface area contributed by atoms with Gasteiger partial charge in [-0.05, 0) is 67.6 Å². The SMILES string of the molecule is C[C@]12CC[C@@H](O)CC1[C@@H](O)C(O)C1C2CC[C@@]2(C)C1CCC21OCCO1. The highest BCUT2D eigenvalue weighted by Crippen LogP contribution is 2.69. The molecule has 5 unspecified atom stereocenters. The summed E-state index contributed by atoms with van der Waals surface area (Å²) in [6, 6.07) is 0. The molecule has 5 nitrogen and oxygen atoms in total. The Morgan fingerprint density at radius 3 is 2.19 bits per heavy atom. The van der Waals surface area contributed by atoms with Crippen molar-refractivity contribution in [2.24, 2.45) is 34.5 Å². The van der Waals surface area contributed by atoms with Crippen LogP contribution in [0.15, 0.2) is 0 Å². The Kier molecular flexibility index (Phi) is 3.89. The van der Waals surface area contributed by atoms with Gasteiger partial charge in [-0.2, -0.15) is 0 Å². The van der Waals surface area contributed by atoms with Gasteiger partial charge in [0.25, 0.3) is 0 Å². The van der Waals surface area contributed by atoms with Crippen LogP contribution in [0.4, 0.5) is 0 Å². The first-order chi connectivity index (χ1) is 12.3. The molecule has 5 fully saturated rings. The summed E-state index contributed by atoms with van der Waals surface area (Å²) in [5.41, 5.74) is -0.0697. The van der Waals surface area contributed by atoms with Crippen molar-refractivity contribution < 1.29 is 24.8 Å². The normalized spacial score (nSPS) is 58.3. The average molecular weight is 366 g/mol. The molecule has 1 spiro atoms. The Morgan fingerprint density at radius 1 is 0.769 bits per heavy atom. The van der Waals surface area contributed by atoms with E-state index < -0.39 is 18.0 Å². The predicted molar refractivity (Wildman–Crippen MR) is 95.1 cm³/mol. The molecule has 148 valence electrons. The molecule has 5 rings (SSSR count). The van der Waals surface area contributed by atoms with E-state index in [2.05, 4.69) is 13.8 Å². The second-order valence-corrected chi connectivity index (χ2v) is 10.3. The lowest BCUT2D eigenvalue weighted by Crippen LogP contribution is -2.65. The van der Waals surface area contributed by atoms with Crippen molar-refractivity contribution in [1.29, 1.82) is 0 Å². The maximum atomic E-state index is 11.2. The smallest absolute Gasteiger partial charge is 0.174 e. The van der Waals surface area contributed by atoms with Crippen LogP contribution in [0.25, 0.3) is 0 Å². The van der Waals surface area contributed by atoms with E-state index in [1.165, 1.54) is 0 Å². The molecule has 5 heteroatoms. The van der Waals surface area contributed by atoms with E-state index in [0.717, 1.165) is 38.5 Å². The minimum atomic E-state index is -0.736. The Labute approximate surface area is 156 Å². The molecule has 4 aliphatic carbocycles. The summed E-state index contributed by atoms with van der Waals surface area (Å²) in [6.45, 7) is 5.94. The lowest BCUT2D eigenvalue weighted by atomic mass is 9.43. The van der Waals surface area contributed by atoms with Gasteiger partial charge in [-0.1, -0.05) is 13.8 Å². The summed E-state index contributed by atoms with van der Waals surface area (Å²) in [5, 5.41) is 32.4. The minimum Gasteiger partial charge on any atom is -0.393 e. The van der Waals surface area contributed by atoms with Crippen LogP contribution < -0.4 is 0 Å². The third kappa shape index (κ3) is 2.04. The first kappa shape index (κ1) is 17.9. The van der Waals surface area contributed by atoms with Crippen LogP contribution in [0.5, 0.6) is 0 Å². The molecule has 0 amide bonds. The van der Waals surface area contributed by atoms with Gasteiger partial charge in [0.1, 0.15) is 0 Å². The van der Waals surface area contributed by atoms with Crippen molar-refractivity contribution in [1.82, 2.24) is 0 Å². The molecule has 1 heterocycles. The van der Waals surface area contributed by atoms with Gasteiger partial charge in [-0.25, -0.2) is 0 Å². The van der Waals surface area contributed by atoms with Gasteiger partial charge in [0.15, 0.2) is 5.79 Å². The third-order valence-corrected chi connectivity index (χ3v) is 9.52. The molecule has 0 aromatic carbocycles. The number of hydrogen-bond donors (Lipinski definition) is 3. The third-order valence-electron chi connectivity index (χ3n) is 9.52. The van der Waals surface area contributed by atoms with E-state index >= 15 is 0 Å². The van der Waals surface area contributed by atoms with Crippen molar-refractivity contribution in [2.75, 3.05) is 13.2 Å². The quantitative estimate of drug-likeness (QED) is 0.612. The highest BCUT2D eigenvalue weighted by atomic mass is 16.7. The van der Waals surface area contributed by atoms with Crippen LogP contribution in [0.2, 0.25) is 0 Å². The number of aliphatic hydroxyl groups excluding tert-OH is 3. The Morgan fingerprint density at radius 2 is 1.46 bits per heavy atom. The van der Waals surface area contributed by atoms with E-state index in [0.29, 0.717) is 31.5 Å². The van der Waals surface area contributed by atoms with Gasteiger partial charge in [-0.3, -0.25) is 0 Å². The summed E-state index contributed by atoms with van der Waals surface area (Å²) in [6.07, 6.45) is 4.63. The number of aliphatic hydroxyl groups is 3. The summed E-state index contributed by atoms with van der Waals surface area (Å²) in [5.74, 6) is 0.364. The second kappa shape index (κ2) is 5.66. The molecule has 1 aliphatic heterocycles. The first-order valence-electron chi connectivity index (χ1n) is 10.6. The second-order valence-electron chi connectivity index (χ2n) is 10.3. The molecule has 0 aromatic heterocycles. The summed E-state index contributed by atoms with van der Waals surface area (Å²) in [4.78, 5) is 0. The average Bonchev–Trinajstić information content (AvgIpc) is 3.21. The van der Waals surface area contributed by atoms with Crippen LogP contribution >= 0.6 is 0 Å². The Bertz CT molecular complexity index is 575. The maximum Gasteiger partial charge on any atom is 0.174 e. The van der Waals surface area contributed by atoms with E-state index in [1.807, 2.05) is 0 Å². The first-order valence-corrected chi connectivity index (χ1v) is 10.6. The topological polar surface area (TPSA) is 79.2 Å². The monoisotopic (exact) mass is 366 g/mol. The molecule has 3 N–H and O–H groups in total. The molecule has 1 saturated heterocycles. The van der Waals surface area contributed by atoms with Gasteiger partial charge >= 0.3 is 0 Å². The van der Waals surface area contributed by atoms with Crippen LogP contribution in [0.1, 0.15) is 58.8 Å². The molecule has 9 atom stereocenters.